The molecular weight excluding hydrogens is 376 g/mol. The van der Waals surface area contributed by atoms with Gasteiger partial charge in [0.05, 0.1) is 3.79 Å². The number of benzene rings is 1. The second-order valence-corrected chi connectivity index (χ2v) is 7.34. The van der Waals surface area contributed by atoms with E-state index in [4.69, 9.17) is 5.73 Å². The minimum atomic E-state index is 0.791. The summed E-state index contributed by atoms with van der Waals surface area (Å²) in [6.07, 6.45) is 0. The van der Waals surface area contributed by atoms with Crippen LogP contribution in [0.3, 0.4) is 0 Å². The number of rotatable bonds is 4. The number of nitrogen functional groups attached to an aromatic ring is 1. The molecule has 2 N–H and O–H groups in total. The van der Waals surface area contributed by atoms with Crippen LogP contribution in [0.25, 0.3) is 0 Å². The quantitative estimate of drug-likeness (QED) is 0.780. The Balaban J connectivity index is 2.03. The summed E-state index contributed by atoms with van der Waals surface area (Å²) < 4.78 is 2.18. The van der Waals surface area contributed by atoms with Crippen LogP contribution in [0, 0.1) is 0 Å². The van der Waals surface area contributed by atoms with Gasteiger partial charge in [-0.15, -0.1) is 11.3 Å². The number of nitrogens with zero attached hydrogens (tertiary/aromatic N) is 1. The zero-order valence-corrected chi connectivity index (χ0v) is 14.0. The van der Waals surface area contributed by atoms with Gasteiger partial charge in [0.15, 0.2) is 0 Å². The molecule has 96 valence electrons. The van der Waals surface area contributed by atoms with Crippen molar-refractivity contribution in [2.75, 3.05) is 12.8 Å². The van der Waals surface area contributed by atoms with Gasteiger partial charge in [-0.3, -0.25) is 4.90 Å². The van der Waals surface area contributed by atoms with Gasteiger partial charge in [-0.2, -0.15) is 0 Å². The van der Waals surface area contributed by atoms with E-state index in [1.54, 1.807) is 11.3 Å². The molecule has 0 saturated heterocycles. The molecular formula is C13H14Br2N2S. The molecule has 0 atom stereocenters. The first-order chi connectivity index (χ1) is 8.56. The van der Waals surface area contributed by atoms with Gasteiger partial charge in [0.25, 0.3) is 0 Å². The summed E-state index contributed by atoms with van der Waals surface area (Å²) in [4.78, 5) is 2.27. The van der Waals surface area contributed by atoms with Crippen molar-refractivity contribution in [2.24, 2.45) is 0 Å². The van der Waals surface area contributed by atoms with Crippen LogP contribution in [0.4, 0.5) is 5.69 Å². The molecule has 0 unspecified atom stereocenters. The molecule has 0 radical (unpaired) electrons. The molecule has 2 aromatic rings. The lowest BCUT2D eigenvalue weighted by atomic mass is 10.2. The van der Waals surface area contributed by atoms with Gasteiger partial charge >= 0.3 is 0 Å². The summed E-state index contributed by atoms with van der Waals surface area (Å²) in [5, 5.41) is 2.18. The minimum Gasteiger partial charge on any atom is -0.398 e. The molecule has 2 nitrogen and oxygen atoms in total. The standard InChI is InChI=1S/C13H14Br2N2S/c1-17(6-9-5-12(14)18-8-9)7-10-3-2-4-11(16)13(10)15/h2-5,8H,6-7,16H2,1H3. The maximum absolute atomic E-state index is 5.88. The highest BCUT2D eigenvalue weighted by atomic mass is 79.9. The third-order valence-corrected chi connectivity index (χ3v) is 5.14. The van der Waals surface area contributed by atoms with E-state index >= 15 is 0 Å². The van der Waals surface area contributed by atoms with Gasteiger partial charge in [0.1, 0.15) is 0 Å². The Hall–Kier alpha value is -0.360. The fourth-order valence-electron chi connectivity index (χ4n) is 1.81. The van der Waals surface area contributed by atoms with Crippen molar-refractivity contribution < 1.29 is 0 Å². The first-order valence-electron chi connectivity index (χ1n) is 5.50. The average Bonchev–Trinajstić information content (AvgIpc) is 2.70. The monoisotopic (exact) mass is 388 g/mol. The fourth-order valence-corrected chi connectivity index (χ4v) is 3.40. The lowest BCUT2D eigenvalue weighted by Crippen LogP contribution is -2.17. The van der Waals surface area contributed by atoms with Crippen molar-refractivity contribution in [2.45, 2.75) is 13.1 Å². The number of thiophene rings is 1. The third kappa shape index (κ3) is 3.57. The summed E-state index contributed by atoms with van der Waals surface area (Å²) in [5.41, 5.74) is 9.22. The molecule has 5 heteroatoms. The maximum Gasteiger partial charge on any atom is 0.0701 e. The van der Waals surface area contributed by atoms with Crippen molar-refractivity contribution in [3.8, 4) is 0 Å². The van der Waals surface area contributed by atoms with E-state index < -0.39 is 0 Å². The number of hydrogen-bond acceptors (Lipinski definition) is 3. The summed E-state index contributed by atoms with van der Waals surface area (Å²) >= 11 is 8.75. The van der Waals surface area contributed by atoms with Crippen LogP contribution in [-0.2, 0) is 13.1 Å². The summed E-state index contributed by atoms with van der Waals surface area (Å²) in [5.74, 6) is 0. The van der Waals surface area contributed by atoms with Gasteiger partial charge in [0, 0.05) is 23.2 Å². The number of nitrogens with two attached hydrogens (primary N) is 1. The molecule has 0 saturated carbocycles. The van der Waals surface area contributed by atoms with Gasteiger partial charge in [-0.1, -0.05) is 12.1 Å². The minimum absolute atomic E-state index is 0.791. The van der Waals surface area contributed by atoms with Gasteiger partial charge in [-0.05, 0) is 67.5 Å². The van der Waals surface area contributed by atoms with Crippen molar-refractivity contribution in [1.29, 1.82) is 0 Å². The molecule has 0 spiro atoms. The van der Waals surface area contributed by atoms with Gasteiger partial charge in [0.2, 0.25) is 0 Å². The van der Waals surface area contributed by atoms with Crippen molar-refractivity contribution in [3.05, 3.63) is 49.0 Å². The molecule has 0 fully saturated rings. The Morgan fingerprint density at radius 1 is 1.28 bits per heavy atom. The highest BCUT2D eigenvalue weighted by Gasteiger charge is 2.07. The van der Waals surface area contributed by atoms with E-state index in [0.29, 0.717) is 0 Å². The Labute approximate surface area is 128 Å². The smallest absolute Gasteiger partial charge is 0.0701 e. The Morgan fingerprint density at radius 3 is 2.72 bits per heavy atom. The average molecular weight is 390 g/mol. The molecule has 1 aromatic heterocycles. The van der Waals surface area contributed by atoms with E-state index in [1.807, 2.05) is 12.1 Å². The molecule has 0 aliphatic rings. The highest BCUT2D eigenvalue weighted by Crippen LogP contribution is 2.26. The van der Waals surface area contributed by atoms with Crippen LogP contribution in [-0.4, -0.2) is 11.9 Å². The van der Waals surface area contributed by atoms with Crippen molar-refractivity contribution in [3.63, 3.8) is 0 Å². The van der Waals surface area contributed by atoms with Crippen LogP contribution in [0.5, 0.6) is 0 Å². The predicted molar refractivity (Wildman–Crippen MR) is 85.7 cm³/mol. The summed E-state index contributed by atoms with van der Waals surface area (Å²) in [6.45, 7) is 1.81. The predicted octanol–water partition coefficient (Wildman–Crippen LogP) is 4.49. The second-order valence-electron chi connectivity index (χ2n) is 4.25. The molecule has 2 rings (SSSR count). The van der Waals surface area contributed by atoms with E-state index in [1.165, 1.54) is 14.9 Å². The molecule has 18 heavy (non-hydrogen) atoms. The molecule has 1 heterocycles. The van der Waals surface area contributed by atoms with Crippen LogP contribution < -0.4 is 5.73 Å². The number of halogens is 2. The Kier molecular flexibility index (Phi) is 4.84. The highest BCUT2D eigenvalue weighted by molar-refractivity contribution is 9.11. The maximum atomic E-state index is 5.88. The molecule has 0 aliphatic carbocycles. The fraction of sp³-hybridized carbons (Fsp3) is 0.231. The molecule has 0 amide bonds. The number of hydrogen-bond donors (Lipinski definition) is 1. The van der Waals surface area contributed by atoms with Crippen LogP contribution in [0.2, 0.25) is 0 Å². The zero-order valence-electron chi connectivity index (χ0n) is 9.99. The van der Waals surface area contributed by atoms with Crippen molar-refractivity contribution in [1.82, 2.24) is 4.90 Å². The van der Waals surface area contributed by atoms with Gasteiger partial charge in [-0.25, -0.2) is 0 Å². The normalized spacial score (nSPS) is 11.1. The molecule has 1 aromatic carbocycles. The van der Waals surface area contributed by atoms with Gasteiger partial charge < -0.3 is 5.73 Å². The topological polar surface area (TPSA) is 29.3 Å². The third-order valence-electron chi connectivity index (χ3n) is 2.62. The summed E-state index contributed by atoms with van der Waals surface area (Å²) in [7, 11) is 2.11. The van der Waals surface area contributed by atoms with E-state index in [0.717, 1.165) is 23.2 Å². The Morgan fingerprint density at radius 2 is 2.06 bits per heavy atom. The van der Waals surface area contributed by atoms with Crippen LogP contribution in [0.15, 0.2) is 37.9 Å². The Bertz CT molecular complexity index is 540. The largest absolute Gasteiger partial charge is 0.398 e. The van der Waals surface area contributed by atoms with E-state index in [-0.39, 0.29) is 0 Å². The zero-order chi connectivity index (χ0) is 13.1. The summed E-state index contributed by atoms with van der Waals surface area (Å²) in [6, 6.07) is 8.16. The molecule has 0 aliphatic heterocycles. The van der Waals surface area contributed by atoms with E-state index in [2.05, 4.69) is 61.3 Å². The van der Waals surface area contributed by atoms with Crippen LogP contribution >= 0.6 is 43.2 Å². The molecule has 0 bridgehead atoms. The van der Waals surface area contributed by atoms with Crippen LogP contribution in [0.1, 0.15) is 11.1 Å². The van der Waals surface area contributed by atoms with Crippen molar-refractivity contribution >= 4 is 48.9 Å². The SMILES string of the molecule is CN(Cc1csc(Br)c1)Cc1cccc(N)c1Br. The first-order valence-corrected chi connectivity index (χ1v) is 7.97. The van der Waals surface area contributed by atoms with E-state index in [9.17, 15) is 0 Å². The number of anilines is 1. The lowest BCUT2D eigenvalue weighted by molar-refractivity contribution is 0.319. The first kappa shape index (κ1) is 14.1. The lowest BCUT2D eigenvalue weighted by Gasteiger charge is -2.17. The second kappa shape index (κ2) is 6.19.